The van der Waals surface area contributed by atoms with Gasteiger partial charge < -0.3 is 10.4 Å². The molecule has 0 aromatic heterocycles. The minimum Gasteiger partial charge on any atom is -0.480 e. The van der Waals surface area contributed by atoms with Crippen LogP contribution in [0.2, 0.25) is 0 Å². The van der Waals surface area contributed by atoms with Crippen molar-refractivity contribution in [1.82, 2.24) is 5.32 Å². The third-order valence-corrected chi connectivity index (χ3v) is 3.70. The first-order chi connectivity index (χ1) is 8.56. The van der Waals surface area contributed by atoms with E-state index in [4.69, 9.17) is 5.11 Å². The predicted octanol–water partition coefficient (Wildman–Crippen LogP) is 1.62. The van der Waals surface area contributed by atoms with E-state index in [0.29, 0.717) is 0 Å². The topological polar surface area (TPSA) is 66.4 Å². The number of aryl methyl sites for hydroxylation is 1. The molecule has 1 saturated carbocycles. The number of carbonyl (C=O) groups excluding carboxylic acids is 1. The molecule has 0 unspecified atom stereocenters. The largest absolute Gasteiger partial charge is 0.480 e. The average Bonchev–Trinajstić information content (AvgIpc) is 2.27. The van der Waals surface area contributed by atoms with Crippen molar-refractivity contribution in [3.8, 4) is 0 Å². The molecule has 2 N–H and O–H groups in total. The van der Waals surface area contributed by atoms with Crippen LogP contribution in [0.1, 0.15) is 30.4 Å². The van der Waals surface area contributed by atoms with Crippen LogP contribution in [0.25, 0.3) is 0 Å². The molecule has 1 amide bonds. The first-order valence-electron chi connectivity index (χ1n) is 6.12. The molecule has 0 spiro atoms. The van der Waals surface area contributed by atoms with Crippen molar-refractivity contribution >= 4 is 11.9 Å². The molecule has 1 aliphatic carbocycles. The van der Waals surface area contributed by atoms with Gasteiger partial charge in [0.2, 0.25) is 5.91 Å². The highest BCUT2D eigenvalue weighted by atomic mass is 16.4. The van der Waals surface area contributed by atoms with Crippen molar-refractivity contribution in [2.24, 2.45) is 0 Å². The van der Waals surface area contributed by atoms with Crippen LogP contribution in [-0.2, 0) is 15.0 Å². The number of rotatable bonds is 4. The Balaban J connectivity index is 2.23. The van der Waals surface area contributed by atoms with Gasteiger partial charge in [0, 0.05) is 0 Å². The number of carbonyl (C=O) groups is 2. The average molecular weight is 247 g/mol. The van der Waals surface area contributed by atoms with Gasteiger partial charge in [-0.25, -0.2) is 0 Å². The van der Waals surface area contributed by atoms with Gasteiger partial charge in [0.15, 0.2) is 0 Å². The van der Waals surface area contributed by atoms with Gasteiger partial charge in [0.1, 0.15) is 6.54 Å². The summed E-state index contributed by atoms with van der Waals surface area (Å²) in [5.74, 6) is -1.17. The third kappa shape index (κ3) is 2.10. The van der Waals surface area contributed by atoms with E-state index >= 15 is 0 Å². The number of amides is 1. The maximum absolute atomic E-state index is 12.2. The summed E-state index contributed by atoms with van der Waals surface area (Å²) >= 11 is 0. The van der Waals surface area contributed by atoms with Gasteiger partial charge in [-0.3, -0.25) is 9.59 Å². The summed E-state index contributed by atoms with van der Waals surface area (Å²) in [5, 5.41) is 11.1. The summed E-state index contributed by atoms with van der Waals surface area (Å²) in [7, 11) is 0. The molecule has 1 aromatic carbocycles. The van der Waals surface area contributed by atoms with Gasteiger partial charge in [0.05, 0.1) is 5.41 Å². The molecule has 0 bridgehead atoms. The quantitative estimate of drug-likeness (QED) is 0.849. The standard InChI is InChI=1S/C14H17NO3/c1-10-5-2-3-6-11(10)14(7-4-8-14)13(18)15-9-12(16)17/h2-3,5-6H,4,7-9H2,1H3,(H,15,18)(H,16,17). The lowest BCUT2D eigenvalue weighted by molar-refractivity contribution is -0.139. The highest BCUT2D eigenvalue weighted by Crippen LogP contribution is 2.45. The van der Waals surface area contributed by atoms with Gasteiger partial charge in [-0.2, -0.15) is 0 Å². The van der Waals surface area contributed by atoms with Crippen LogP contribution in [0.15, 0.2) is 24.3 Å². The van der Waals surface area contributed by atoms with E-state index < -0.39 is 11.4 Å². The van der Waals surface area contributed by atoms with Crippen LogP contribution in [0.5, 0.6) is 0 Å². The lowest BCUT2D eigenvalue weighted by Gasteiger charge is -2.41. The van der Waals surface area contributed by atoms with Gasteiger partial charge >= 0.3 is 5.97 Å². The lowest BCUT2D eigenvalue weighted by Crippen LogP contribution is -2.50. The number of aliphatic carboxylic acids is 1. The normalized spacial score (nSPS) is 16.7. The number of nitrogens with one attached hydrogen (secondary N) is 1. The summed E-state index contributed by atoms with van der Waals surface area (Å²) < 4.78 is 0. The Kier molecular flexibility index (Phi) is 3.36. The van der Waals surface area contributed by atoms with E-state index in [1.165, 1.54) is 0 Å². The minimum absolute atomic E-state index is 0.162. The van der Waals surface area contributed by atoms with Crippen LogP contribution >= 0.6 is 0 Å². The smallest absolute Gasteiger partial charge is 0.322 e. The molecule has 1 aromatic rings. The van der Waals surface area contributed by atoms with Crippen LogP contribution in [0.3, 0.4) is 0 Å². The molecule has 4 heteroatoms. The number of carboxylic acid groups (broad SMARTS) is 1. The maximum Gasteiger partial charge on any atom is 0.322 e. The van der Waals surface area contributed by atoms with E-state index in [2.05, 4.69) is 5.32 Å². The number of hydrogen-bond acceptors (Lipinski definition) is 2. The molecule has 4 nitrogen and oxygen atoms in total. The fraction of sp³-hybridized carbons (Fsp3) is 0.429. The molecule has 0 radical (unpaired) electrons. The molecule has 1 fully saturated rings. The molecule has 2 rings (SSSR count). The molecule has 0 aliphatic heterocycles. The van der Waals surface area contributed by atoms with Crippen molar-refractivity contribution in [3.63, 3.8) is 0 Å². The van der Waals surface area contributed by atoms with E-state index in [-0.39, 0.29) is 12.5 Å². The van der Waals surface area contributed by atoms with E-state index in [1.807, 2.05) is 31.2 Å². The Morgan fingerprint density at radius 1 is 1.33 bits per heavy atom. The van der Waals surface area contributed by atoms with Crippen molar-refractivity contribution in [3.05, 3.63) is 35.4 Å². The molecule has 96 valence electrons. The second-order valence-corrected chi connectivity index (χ2v) is 4.83. The first kappa shape index (κ1) is 12.6. The van der Waals surface area contributed by atoms with Crippen LogP contribution in [0.4, 0.5) is 0 Å². The summed E-state index contributed by atoms with van der Waals surface area (Å²) in [6, 6.07) is 7.82. The van der Waals surface area contributed by atoms with Crippen molar-refractivity contribution in [2.75, 3.05) is 6.54 Å². The van der Waals surface area contributed by atoms with Gasteiger partial charge in [0.25, 0.3) is 0 Å². The second-order valence-electron chi connectivity index (χ2n) is 4.83. The van der Waals surface area contributed by atoms with Crippen molar-refractivity contribution < 1.29 is 14.7 Å². The monoisotopic (exact) mass is 247 g/mol. The second kappa shape index (κ2) is 4.80. The Bertz CT molecular complexity index is 478. The number of benzene rings is 1. The molecule has 1 aliphatic rings. The summed E-state index contributed by atoms with van der Waals surface area (Å²) in [6.07, 6.45) is 2.60. The Morgan fingerprint density at radius 3 is 2.50 bits per heavy atom. The Hall–Kier alpha value is -1.84. The number of hydrogen-bond donors (Lipinski definition) is 2. The molecule has 0 atom stereocenters. The molecular weight excluding hydrogens is 230 g/mol. The predicted molar refractivity (Wildman–Crippen MR) is 67.4 cm³/mol. The zero-order valence-electron chi connectivity index (χ0n) is 10.4. The fourth-order valence-electron chi connectivity index (χ4n) is 2.58. The number of carboxylic acids is 1. The van der Waals surface area contributed by atoms with E-state index in [1.54, 1.807) is 0 Å². The Morgan fingerprint density at radius 2 is 2.00 bits per heavy atom. The van der Waals surface area contributed by atoms with Crippen LogP contribution in [-0.4, -0.2) is 23.5 Å². The van der Waals surface area contributed by atoms with Crippen LogP contribution < -0.4 is 5.32 Å². The molecular formula is C14H17NO3. The zero-order valence-corrected chi connectivity index (χ0v) is 10.4. The van der Waals surface area contributed by atoms with Crippen molar-refractivity contribution in [1.29, 1.82) is 0 Å². The SMILES string of the molecule is Cc1ccccc1C1(C(=O)NCC(=O)O)CCC1. The highest BCUT2D eigenvalue weighted by molar-refractivity contribution is 5.91. The minimum atomic E-state index is -1.01. The van der Waals surface area contributed by atoms with Gasteiger partial charge in [-0.05, 0) is 30.9 Å². The Labute approximate surface area is 106 Å². The fourth-order valence-corrected chi connectivity index (χ4v) is 2.58. The summed E-state index contributed by atoms with van der Waals surface area (Å²) in [5.41, 5.74) is 1.60. The summed E-state index contributed by atoms with van der Waals surface area (Å²) in [4.78, 5) is 22.8. The third-order valence-electron chi connectivity index (χ3n) is 3.70. The highest BCUT2D eigenvalue weighted by Gasteiger charge is 2.46. The summed E-state index contributed by atoms with van der Waals surface area (Å²) in [6.45, 7) is 1.67. The van der Waals surface area contributed by atoms with Crippen LogP contribution in [0, 0.1) is 6.92 Å². The van der Waals surface area contributed by atoms with E-state index in [9.17, 15) is 9.59 Å². The maximum atomic E-state index is 12.2. The van der Waals surface area contributed by atoms with E-state index in [0.717, 1.165) is 30.4 Å². The zero-order chi connectivity index (χ0) is 13.2. The molecule has 0 heterocycles. The lowest BCUT2D eigenvalue weighted by atomic mass is 9.63. The van der Waals surface area contributed by atoms with Crippen molar-refractivity contribution in [2.45, 2.75) is 31.6 Å². The van der Waals surface area contributed by atoms with Gasteiger partial charge in [-0.15, -0.1) is 0 Å². The molecule has 0 saturated heterocycles. The first-order valence-corrected chi connectivity index (χ1v) is 6.12. The molecule has 18 heavy (non-hydrogen) atoms. The van der Waals surface area contributed by atoms with Gasteiger partial charge in [-0.1, -0.05) is 30.7 Å².